The van der Waals surface area contributed by atoms with Gasteiger partial charge in [-0.25, -0.2) is 0 Å². The van der Waals surface area contributed by atoms with Crippen LogP contribution in [0, 0.1) is 0 Å². The summed E-state index contributed by atoms with van der Waals surface area (Å²) in [6.07, 6.45) is 1.69. The zero-order chi connectivity index (χ0) is 17.7. The molecule has 2 aromatic rings. The number of halogens is 3. The molecule has 0 bridgehead atoms. The maximum Gasteiger partial charge on any atom is 0.387 e. The molecule has 0 aliphatic heterocycles. The molecule has 2 N–H and O–H groups in total. The normalized spacial score (nSPS) is 10.5. The van der Waals surface area contributed by atoms with Gasteiger partial charge in [-0.15, -0.1) is 0 Å². The van der Waals surface area contributed by atoms with E-state index in [1.54, 1.807) is 23.9 Å². The molecule has 2 amide bonds. The summed E-state index contributed by atoms with van der Waals surface area (Å²) in [5.74, 6) is -0.895. The number of benzene rings is 1. The maximum atomic E-state index is 12.0. The van der Waals surface area contributed by atoms with Crippen LogP contribution in [0.25, 0.3) is 0 Å². The number of hydrogen-bond acceptors (Lipinski definition) is 3. The molecule has 1 aromatic heterocycles. The van der Waals surface area contributed by atoms with Gasteiger partial charge in [0.05, 0.1) is 6.42 Å². The lowest BCUT2D eigenvalue weighted by Gasteiger charge is -2.09. The Morgan fingerprint density at radius 3 is 2.46 bits per heavy atom. The van der Waals surface area contributed by atoms with Gasteiger partial charge in [-0.1, -0.05) is 12.1 Å². The van der Waals surface area contributed by atoms with Crippen molar-refractivity contribution in [2.24, 2.45) is 7.05 Å². The van der Waals surface area contributed by atoms with Crippen LogP contribution in [-0.2, 0) is 18.3 Å². The minimum atomic E-state index is -2.90. The Balaban J connectivity index is 1.85. The van der Waals surface area contributed by atoms with Crippen molar-refractivity contribution in [2.45, 2.75) is 13.0 Å². The molecule has 128 valence electrons. The van der Waals surface area contributed by atoms with Crippen LogP contribution in [0.5, 0.6) is 5.75 Å². The number of nitrogens with zero attached hydrogens (tertiary/aromatic N) is 1. The van der Waals surface area contributed by atoms with Crippen molar-refractivity contribution in [3.8, 4) is 5.75 Å². The highest BCUT2D eigenvalue weighted by Crippen LogP contribution is 2.15. The molecule has 0 unspecified atom stereocenters. The summed E-state index contributed by atoms with van der Waals surface area (Å²) in [4.78, 5) is 23.7. The van der Waals surface area contributed by atoms with Gasteiger partial charge < -0.3 is 9.30 Å². The van der Waals surface area contributed by atoms with Gasteiger partial charge in [-0.3, -0.25) is 20.4 Å². The quantitative estimate of drug-likeness (QED) is 0.755. The van der Waals surface area contributed by atoms with Crippen LogP contribution in [0.1, 0.15) is 16.1 Å². The van der Waals surface area contributed by atoms with Crippen LogP contribution < -0.4 is 15.6 Å². The number of hydrazine groups is 1. The van der Waals surface area contributed by atoms with Gasteiger partial charge in [0.25, 0.3) is 5.91 Å². The van der Waals surface area contributed by atoms with Gasteiger partial charge in [-0.2, -0.15) is 8.78 Å². The van der Waals surface area contributed by atoms with Crippen LogP contribution in [0.15, 0.2) is 41.0 Å². The maximum absolute atomic E-state index is 12.0. The summed E-state index contributed by atoms with van der Waals surface area (Å²) >= 11 is 3.25. The van der Waals surface area contributed by atoms with Crippen molar-refractivity contribution in [3.63, 3.8) is 0 Å². The van der Waals surface area contributed by atoms with Crippen molar-refractivity contribution in [2.75, 3.05) is 0 Å². The van der Waals surface area contributed by atoms with Gasteiger partial charge in [0.1, 0.15) is 11.4 Å². The minimum absolute atomic E-state index is 0.0109. The zero-order valence-electron chi connectivity index (χ0n) is 12.6. The molecule has 1 heterocycles. The fraction of sp³-hybridized carbons (Fsp3) is 0.200. The van der Waals surface area contributed by atoms with E-state index in [1.165, 1.54) is 24.3 Å². The average molecular weight is 402 g/mol. The Morgan fingerprint density at radius 1 is 1.25 bits per heavy atom. The molecular formula is C15H14BrF2N3O3. The van der Waals surface area contributed by atoms with Gasteiger partial charge in [0.15, 0.2) is 0 Å². The molecule has 0 fully saturated rings. The predicted molar refractivity (Wildman–Crippen MR) is 85.5 cm³/mol. The summed E-state index contributed by atoms with van der Waals surface area (Å²) < 4.78 is 30.7. The van der Waals surface area contributed by atoms with Crippen molar-refractivity contribution in [1.82, 2.24) is 15.4 Å². The van der Waals surface area contributed by atoms with E-state index in [9.17, 15) is 18.4 Å². The molecule has 0 saturated carbocycles. The first kappa shape index (κ1) is 17.9. The number of nitrogens with one attached hydrogen (secondary N) is 2. The minimum Gasteiger partial charge on any atom is -0.435 e. The van der Waals surface area contributed by atoms with E-state index in [0.717, 1.165) is 4.47 Å². The largest absolute Gasteiger partial charge is 0.435 e. The number of aromatic nitrogens is 1. The molecule has 24 heavy (non-hydrogen) atoms. The predicted octanol–water partition coefficient (Wildman–Crippen LogP) is 2.39. The molecular weight excluding hydrogens is 388 g/mol. The van der Waals surface area contributed by atoms with E-state index in [4.69, 9.17) is 0 Å². The Kier molecular flexibility index (Phi) is 5.91. The van der Waals surface area contributed by atoms with Crippen molar-refractivity contribution >= 4 is 27.7 Å². The van der Waals surface area contributed by atoms with E-state index in [-0.39, 0.29) is 12.2 Å². The second-order valence-electron chi connectivity index (χ2n) is 4.86. The Bertz CT molecular complexity index is 732. The van der Waals surface area contributed by atoms with Gasteiger partial charge >= 0.3 is 6.61 Å². The summed E-state index contributed by atoms with van der Waals surface area (Å²) in [6.45, 7) is -2.90. The fourth-order valence-corrected chi connectivity index (χ4v) is 2.48. The summed E-state index contributed by atoms with van der Waals surface area (Å²) in [5.41, 5.74) is 5.56. The third-order valence-electron chi connectivity index (χ3n) is 3.03. The molecule has 9 heteroatoms. The zero-order valence-corrected chi connectivity index (χ0v) is 14.1. The van der Waals surface area contributed by atoms with Crippen LogP contribution in [-0.4, -0.2) is 23.0 Å². The van der Waals surface area contributed by atoms with E-state index in [1.807, 2.05) is 0 Å². The molecule has 0 radical (unpaired) electrons. The van der Waals surface area contributed by atoms with Crippen LogP contribution in [0.3, 0.4) is 0 Å². The number of carbonyl (C=O) groups excluding carboxylic acids is 2. The molecule has 0 aliphatic rings. The molecule has 0 saturated heterocycles. The number of rotatable bonds is 5. The highest BCUT2D eigenvalue weighted by Gasteiger charge is 2.12. The molecule has 6 nitrogen and oxygen atoms in total. The number of carbonyl (C=O) groups is 2. The standard InChI is InChI=1S/C15H14BrF2N3O3/c1-21-8-10(16)7-12(21)14(23)20-19-13(22)6-9-2-4-11(5-3-9)24-15(17)18/h2-5,7-8,15H,6H2,1H3,(H,19,22)(H,20,23). The summed E-state index contributed by atoms with van der Waals surface area (Å²) in [5, 5.41) is 0. The van der Waals surface area contributed by atoms with Crippen molar-refractivity contribution < 1.29 is 23.1 Å². The molecule has 0 spiro atoms. The van der Waals surface area contributed by atoms with Gasteiger partial charge in [-0.05, 0) is 39.7 Å². The number of hydrogen-bond donors (Lipinski definition) is 2. The topological polar surface area (TPSA) is 72.4 Å². The molecule has 1 aromatic carbocycles. The SMILES string of the molecule is Cn1cc(Br)cc1C(=O)NNC(=O)Cc1ccc(OC(F)F)cc1. The number of ether oxygens (including phenoxy) is 1. The lowest BCUT2D eigenvalue weighted by molar-refractivity contribution is -0.121. The van der Waals surface area contributed by atoms with Crippen LogP contribution in [0.2, 0.25) is 0 Å². The Morgan fingerprint density at radius 2 is 1.92 bits per heavy atom. The monoisotopic (exact) mass is 401 g/mol. The highest BCUT2D eigenvalue weighted by atomic mass is 79.9. The first-order chi connectivity index (χ1) is 11.3. The third-order valence-corrected chi connectivity index (χ3v) is 3.47. The van der Waals surface area contributed by atoms with E-state index >= 15 is 0 Å². The molecule has 2 rings (SSSR count). The van der Waals surface area contributed by atoms with Crippen molar-refractivity contribution in [1.29, 1.82) is 0 Å². The Labute approximate surface area is 144 Å². The fourth-order valence-electron chi connectivity index (χ4n) is 1.96. The van der Waals surface area contributed by atoms with Gasteiger partial charge in [0.2, 0.25) is 5.91 Å². The second kappa shape index (κ2) is 7.91. The molecule has 0 atom stereocenters. The van der Waals surface area contributed by atoms with E-state index in [0.29, 0.717) is 11.3 Å². The number of aryl methyl sites for hydroxylation is 1. The van der Waals surface area contributed by atoms with Crippen LogP contribution >= 0.6 is 15.9 Å². The molecule has 0 aliphatic carbocycles. The van der Waals surface area contributed by atoms with Crippen LogP contribution in [0.4, 0.5) is 8.78 Å². The van der Waals surface area contributed by atoms with Gasteiger partial charge in [0, 0.05) is 17.7 Å². The smallest absolute Gasteiger partial charge is 0.387 e. The highest BCUT2D eigenvalue weighted by molar-refractivity contribution is 9.10. The lowest BCUT2D eigenvalue weighted by atomic mass is 10.1. The average Bonchev–Trinajstić information content (AvgIpc) is 2.85. The first-order valence-corrected chi connectivity index (χ1v) is 7.59. The second-order valence-corrected chi connectivity index (χ2v) is 5.77. The number of amides is 2. The van der Waals surface area contributed by atoms with E-state index < -0.39 is 18.4 Å². The van der Waals surface area contributed by atoms with Crippen molar-refractivity contribution in [3.05, 3.63) is 52.3 Å². The van der Waals surface area contributed by atoms with E-state index in [2.05, 4.69) is 31.5 Å². The number of alkyl halides is 2. The summed E-state index contributed by atoms with van der Waals surface area (Å²) in [6, 6.07) is 7.29. The Hall–Kier alpha value is -2.42. The lowest BCUT2D eigenvalue weighted by Crippen LogP contribution is -2.42. The first-order valence-electron chi connectivity index (χ1n) is 6.80. The third kappa shape index (κ3) is 5.05. The summed E-state index contributed by atoms with van der Waals surface area (Å²) in [7, 11) is 1.70.